The summed E-state index contributed by atoms with van der Waals surface area (Å²) in [5.41, 5.74) is 0.0920. The van der Waals surface area contributed by atoms with E-state index in [1.807, 2.05) is 11.4 Å². The smallest absolute Gasteiger partial charge is 0.341 e. The van der Waals surface area contributed by atoms with Crippen molar-refractivity contribution >= 4 is 33.2 Å². The minimum Gasteiger partial charge on any atom is -0.477 e. The second-order valence-electron chi connectivity index (χ2n) is 3.86. The van der Waals surface area contributed by atoms with E-state index in [1.54, 1.807) is 22.8 Å². The first-order chi connectivity index (χ1) is 8.47. The highest BCUT2D eigenvalue weighted by Gasteiger charge is 2.11. The number of hydrogen-bond acceptors (Lipinski definition) is 3. The standard InChI is InChI=1S/C12H10BrNO3S/c1-7-2-11(15)10(12(16)17)5-14(7)4-9-3-8(13)6-18-9/h2-3,5-6H,4H2,1H3,(H,16,17). The Labute approximate surface area is 116 Å². The molecule has 0 aromatic carbocycles. The van der Waals surface area contributed by atoms with Crippen molar-refractivity contribution in [1.29, 1.82) is 0 Å². The van der Waals surface area contributed by atoms with Crippen LogP contribution in [0.25, 0.3) is 0 Å². The van der Waals surface area contributed by atoms with Crippen molar-refractivity contribution in [3.63, 3.8) is 0 Å². The fraction of sp³-hybridized carbons (Fsp3) is 0.167. The molecule has 4 nitrogen and oxygen atoms in total. The van der Waals surface area contributed by atoms with Gasteiger partial charge in [0.1, 0.15) is 5.56 Å². The van der Waals surface area contributed by atoms with E-state index in [2.05, 4.69) is 15.9 Å². The van der Waals surface area contributed by atoms with Gasteiger partial charge in [-0.15, -0.1) is 11.3 Å². The summed E-state index contributed by atoms with van der Waals surface area (Å²) in [6.07, 6.45) is 1.40. The summed E-state index contributed by atoms with van der Waals surface area (Å²) in [5.74, 6) is -1.19. The van der Waals surface area contributed by atoms with Crippen LogP contribution < -0.4 is 5.43 Å². The SMILES string of the molecule is Cc1cc(=O)c(C(=O)O)cn1Cc1cc(Br)cs1. The van der Waals surface area contributed by atoms with Gasteiger partial charge in [-0.1, -0.05) is 0 Å². The van der Waals surface area contributed by atoms with E-state index in [0.717, 1.165) is 15.0 Å². The molecule has 0 aliphatic heterocycles. The Kier molecular flexibility index (Phi) is 3.68. The third kappa shape index (κ3) is 2.70. The number of aromatic carboxylic acids is 1. The molecule has 0 unspecified atom stereocenters. The Morgan fingerprint density at radius 2 is 2.22 bits per heavy atom. The number of carboxylic acid groups (broad SMARTS) is 1. The number of pyridine rings is 1. The Bertz CT molecular complexity index is 660. The van der Waals surface area contributed by atoms with Gasteiger partial charge in [-0.05, 0) is 28.9 Å². The van der Waals surface area contributed by atoms with Gasteiger partial charge in [0, 0.05) is 32.7 Å². The van der Waals surface area contributed by atoms with E-state index < -0.39 is 11.4 Å². The fourth-order valence-electron chi connectivity index (χ4n) is 1.61. The van der Waals surface area contributed by atoms with Crippen LogP contribution in [-0.4, -0.2) is 15.6 Å². The van der Waals surface area contributed by atoms with Crippen molar-refractivity contribution in [3.05, 3.63) is 54.5 Å². The first-order valence-corrected chi connectivity index (χ1v) is 6.82. The topological polar surface area (TPSA) is 59.3 Å². The molecule has 0 radical (unpaired) electrons. The molecule has 94 valence electrons. The molecule has 0 bridgehead atoms. The first-order valence-electron chi connectivity index (χ1n) is 5.14. The number of aromatic nitrogens is 1. The number of thiophene rings is 1. The molecule has 0 aliphatic carbocycles. The number of rotatable bonds is 3. The highest BCUT2D eigenvalue weighted by atomic mass is 79.9. The lowest BCUT2D eigenvalue weighted by molar-refractivity contribution is 0.0694. The number of halogens is 1. The van der Waals surface area contributed by atoms with Crippen LogP contribution in [0.2, 0.25) is 0 Å². The summed E-state index contributed by atoms with van der Waals surface area (Å²) in [6, 6.07) is 3.33. The molecule has 0 saturated heterocycles. The summed E-state index contributed by atoms with van der Waals surface area (Å²) in [6.45, 7) is 2.35. The number of aryl methyl sites for hydroxylation is 1. The summed E-state index contributed by atoms with van der Waals surface area (Å²) < 4.78 is 2.77. The molecule has 1 N–H and O–H groups in total. The normalized spacial score (nSPS) is 10.6. The third-order valence-corrected chi connectivity index (χ3v) is 4.20. The summed E-state index contributed by atoms with van der Waals surface area (Å²) in [7, 11) is 0. The molecule has 0 spiro atoms. The maximum atomic E-state index is 11.5. The van der Waals surface area contributed by atoms with Crippen LogP contribution in [0.1, 0.15) is 20.9 Å². The molecular weight excluding hydrogens is 318 g/mol. The van der Waals surface area contributed by atoms with E-state index in [4.69, 9.17) is 5.11 Å². The average Bonchev–Trinajstić information content (AvgIpc) is 2.67. The second-order valence-corrected chi connectivity index (χ2v) is 5.77. The van der Waals surface area contributed by atoms with Crippen molar-refractivity contribution in [1.82, 2.24) is 4.57 Å². The van der Waals surface area contributed by atoms with Gasteiger partial charge in [-0.2, -0.15) is 0 Å². The fourth-order valence-corrected chi connectivity index (χ4v) is 3.06. The number of carbonyl (C=O) groups is 1. The zero-order valence-electron chi connectivity index (χ0n) is 9.51. The second kappa shape index (κ2) is 5.07. The van der Waals surface area contributed by atoms with Gasteiger partial charge >= 0.3 is 5.97 Å². The van der Waals surface area contributed by atoms with Crippen LogP contribution in [0.3, 0.4) is 0 Å². The maximum Gasteiger partial charge on any atom is 0.341 e. The molecule has 18 heavy (non-hydrogen) atoms. The van der Waals surface area contributed by atoms with Crippen LogP contribution in [-0.2, 0) is 6.54 Å². The molecule has 6 heteroatoms. The summed E-state index contributed by atoms with van der Waals surface area (Å²) in [5, 5.41) is 10.9. The monoisotopic (exact) mass is 327 g/mol. The van der Waals surface area contributed by atoms with Crippen LogP contribution in [0.4, 0.5) is 0 Å². The van der Waals surface area contributed by atoms with Gasteiger partial charge in [0.2, 0.25) is 0 Å². The Morgan fingerprint density at radius 1 is 1.50 bits per heavy atom. The molecule has 0 aliphatic rings. The predicted octanol–water partition coefficient (Wildman–Crippen LogP) is 2.73. The Balaban J connectivity index is 2.41. The maximum absolute atomic E-state index is 11.5. The van der Waals surface area contributed by atoms with Gasteiger partial charge in [-0.25, -0.2) is 4.79 Å². The average molecular weight is 328 g/mol. The highest BCUT2D eigenvalue weighted by Crippen LogP contribution is 2.21. The van der Waals surface area contributed by atoms with Crippen molar-refractivity contribution in [2.75, 3.05) is 0 Å². The molecule has 2 heterocycles. The first kappa shape index (κ1) is 13.0. The number of nitrogens with zero attached hydrogens (tertiary/aromatic N) is 1. The Morgan fingerprint density at radius 3 is 2.78 bits per heavy atom. The summed E-state index contributed by atoms with van der Waals surface area (Å²) >= 11 is 4.95. The van der Waals surface area contributed by atoms with E-state index >= 15 is 0 Å². The quantitative estimate of drug-likeness (QED) is 0.942. The van der Waals surface area contributed by atoms with Gasteiger partial charge in [0.25, 0.3) is 0 Å². The van der Waals surface area contributed by atoms with Gasteiger partial charge in [0.15, 0.2) is 5.43 Å². The highest BCUT2D eigenvalue weighted by molar-refractivity contribution is 9.10. The molecule has 0 saturated carbocycles. The van der Waals surface area contributed by atoms with Crippen LogP contribution in [0.5, 0.6) is 0 Å². The van der Waals surface area contributed by atoms with Crippen molar-refractivity contribution in [2.45, 2.75) is 13.5 Å². The molecule has 2 rings (SSSR count). The zero-order valence-corrected chi connectivity index (χ0v) is 11.9. The van der Waals surface area contributed by atoms with E-state index in [1.165, 1.54) is 12.3 Å². The number of carboxylic acids is 1. The van der Waals surface area contributed by atoms with Crippen molar-refractivity contribution < 1.29 is 9.90 Å². The molecule has 0 atom stereocenters. The van der Waals surface area contributed by atoms with Crippen LogP contribution in [0.15, 0.2) is 33.0 Å². The largest absolute Gasteiger partial charge is 0.477 e. The van der Waals surface area contributed by atoms with E-state index in [0.29, 0.717) is 6.54 Å². The van der Waals surface area contributed by atoms with E-state index in [-0.39, 0.29) is 5.56 Å². The van der Waals surface area contributed by atoms with Gasteiger partial charge in [0.05, 0.1) is 6.54 Å². The minimum absolute atomic E-state index is 0.198. The Hall–Kier alpha value is -1.40. The zero-order chi connectivity index (χ0) is 13.3. The summed E-state index contributed by atoms with van der Waals surface area (Å²) in [4.78, 5) is 23.5. The lowest BCUT2D eigenvalue weighted by atomic mass is 10.2. The molecule has 0 amide bonds. The minimum atomic E-state index is -1.19. The van der Waals surface area contributed by atoms with Crippen LogP contribution >= 0.6 is 27.3 Å². The lowest BCUT2D eigenvalue weighted by Gasteiger charge is -2.10. The number of hydrogen-bond donors (Lipinski definition) is 1. The van der Waals surface area contributed by atoms with E-state index in [9.17, 15) is 9.59 Å². The molecule has 0 fully saturated rings. The van der Waals surface area contributed by atoms with Crippen molar-refractivity contribution in [2.24, 2.45) is 0 Å². The van der Waals surface area contributed by atoms with Crippen molar-refractivity contribution in [3.8, 4) is 0 Å². The predicted molar refractivity (Wildman–Crippen MR) is 73.5 cm³/mol. The van der Waals surface area contributed by atoms with Crippen LogP contribution in [0, 0.1) is 6.92 Å². The molecular formula is C12H10BrNO3S. The molecule has 2 aromatic rings. The molecule has 2 aromatic heterocycles. The third-order valence-electron chi connectivity index (χ3n) is 2.52. The van der Waals surface area contributed by atoms with Gasteiger partial charge in [-0.3, -0.25) is 4.79 Å². The lowest BCUT2D eigenvalue weighted by Crippen LogP contribution is -2.19. The van der Waals surface area contributed by atoms with Gasteiger partial charge < -0.3 is 9.67 Å².